The summed E-state index contributed by atoms with van der Waals surface area (Å²) in [6, 6.07) is 6.94. The van der Waals surface area contributed by atoms with E-state index in [-0.39, 0.29) is 24.2 Å². The topological polar surface area (TPSA) is 55.4 Å². The molecule has 1 aromatic carbocycles. The van der Waals surface area contributed by atoms with Crippen molar-refractivity contribution in [3.8, 4) is 0 Å². The molecule has 1 aliphatic heterocycles. The average Bonchev–Trinajstić information content (AvgIpc) is 3.00. The monoisotopic (exact) mass is 293 g/mol. The van der Waals surface area contributed by atoms with Crippen LogP contribution in [0.15, 0.2) is 24.3 Å². The van der Waals surface area contributed by atoms with Crippen LogP contribution in [0.4, 0.5) is 5.69 Å². The van der Waals surface area contributed by atoms with Crippen molar-refractivity contribution < 1.29 is 14.3 Å². The molecule has 1 atom stereocenters. The summed E-state index contributed by atoms with van der Waals surface area (Å²) >= 11 is 5.82. The van der Waals surface area contributed by atoms with Gasteiger partial charge in [-0.25, -0.2) is 0 Å². The van der Waals surface area contributed by atoms with Gasteiger partial charge in [-0.05, 0) is 49.9 Å². The Morgan fingerprint density at radius 1 is 1.25 bits per heavy atom. The largest absolute Gasteiger partial charge is 0.458 e. The molecule has 20 heavy (non-hydrogen) atoms. The number of carbonyl (C=O) groups is 2. The van der Waals surface area contributed by atoms with Gasteiger partial charge in [-0.1, -0.05) is 11.6 Å². The first-order valence-corrected chi connectivity index (χ1v) is 7.25. The van der Waals surface area contributed by atoms with Crippen LogP contribution in [0.1, 0.15) is 32.1 Å². The zero-order valence-corrected chi connectivity index (χ0v) is 11.8. The van der Waals surface area contributed by atoms with Gasteiger partial charge < -0.3 is 10.1 Å². The molecule has 1 heterocycles. The number of benzene rings is 1. The summed E-state index contributed by atoms with van der Waals surface area (Å²) in [6.07, 6.45) is 3.78. The Morgan fingerprint density at radius 2 is 1.90 bits per heavy atom. The van der Waals surface area contributed by atoms with E-state index in [4.69, 9.17) is 16.3 Å². The van der Waals surface area contributed by atoms with Gasteiger partial charge in [0.1, 0.15) is 5.60 Å². The Labute approximate surface area is 122 Å². The van der Waals surface area contributed by atoms with Crippen LogP contribution in [-0.2, 0) is 14.3 Å². The van der Waals surface area contributed by atoms with Gasteiger partial charge in [0, 0.05) is 10.7 Å². The quantitative estimate of drug-likeness (QED) is 0.852. The minimum Gasteiger partial charge on any atom is -0.458 e. The summed E-state index contributed by atoms with van der Waals surface area (Å²) in [7, 11) is 0. The Bertz CT molecular complexity index is 535. The summed E-state index contributed by atoms with van der Waals surface area (Å²) in [4.78, 5) is 24.0. The van der Waals surface area contributed by atoms with Gasteiger partial charge in [0.2, 0.25) is 5.91 Å². The van der Waals surface area contributed by atoms with E-state index < -0.39 is 5.60 Å². The Hall–Kier alpha value is -1.55. The maximum Gasteiger partial charge on any atom is 0.307 e. The van der Waals surface area contributed by atoms with E-state index in [9.17, 15) is 9.59 Å². The molecule has 2 fully saturated rings. The van der Waals surface area contributed by atoms with Crippen molar-refractivity contribution >= 4 is 29.2 Å². The fourth-order valence-corrected chi connectivity index (χ4v) is 3.34. The van der Waals surface area contributed by atoms with E-state index in [1.165, 1.54) is 0 Å². The van der Waals surface area contributed by atoms with Crippen LogP contribution >= 0.6 is 11.6 Å². The molecule has 0 unspecified atom stereocenters. The van der Waals surface area contributed by atoms with Gasteiger partial charge >= 0.3 is 5.97 Å². The third-order valence-electron chi connectivity index (χ3n) is 4.20. The lowest BCUT2D eigenvalue weighted by Gasteiger charge is -2.27. The van der Waals surface area contributed by atoms with Gasteiger partial charge in [-0.15, -0.1) is 0 Å². The Kier molecular flexibility index (Phi) is 3.42. The molecular weight excluding hydrogens is 278 g/mol. The minimum atomic E-state index is -0.562. The van der Waals surface area contributed by atoms with E-state index in [2.05, 4.69) is 5.32 Å². The van der Waals surface area contributed by atoms with Crippen molar-refractivity contribution in [1.82, 2.24) is 0 Å². The number of ether oxygens (including phenoxy) is 1. The fraction of sp³-hybridized carbons (Fsp3) is 0.467. The van der Waals surface area contributed by atoms with Gasteiger partial charge in [-0.3, -0.25) is 9.59 Å². The predicted molar refractivity (Wildman–Crippen MR) is 75.5 cm³/mol. The summed E-state index contributed by atoms with van der Waals surface area (Å²) in [5, 5.41) is 3.47. The Balaban J connectivity index is 1.76. The highest BCUT2D eigenvalue weighted by atomic mass is 35.5. The van der Waals surface area contributed by atoms with Crippen molar-refractivity contribution in [3.05, 3.63) is 29.3 Å². The van der Waals surface area contributed by atoms with Crippen LogP contribution < -0.4 is 5.32 Å². The van der Waals surface area contributed by atoms with E-state index in [1.807, 2.05) is 0 Å². The summed E-state index contributed by atoms with van der Waals surface area (Å²) in [6.45, 7) is 0. The smallest absolute Gasteiger partial charge is 0.307 e. The number of halogens is 1. The summed E-state index contributed by atoms with van der Waals surface area (Å²) < 4.78 is 5.48. The first-order valence-electron chi connectivity index (χ1n) is 6.87. The van der Waals surface area contributed by atoms with Gasteiger partial charge in [-0.2, -0.15) is 0 Å². The number of esters is 1. The molecule has 2 aliphatic rings. The van der Waals surface area contributed by atoms with E-state index >= 15 is 0 Å². The maximum atomic E-state index is 12.4. The molecule has 1 amide bonds. The minimum absolute atomic E-state index is 0.139. The Morgan fingerprint density at radius 3 is 2.55 bits per heavy atom. The summed E-state index contributed by atoms with van der Waals surface area (Å²) in [5.41, 5.74) is 0.125. The second kappa shape index (κ2) is 5.09. The first-order chi connectivity index (χ1) is 9.59. The number of rotatable bonds is 2. The molecule has 1 saturated heterocycles. The number of hydrogen-bond acceptors (Lipinski definition) is 3. The third kappa shape index (κ3) is 2.40. The highest BCUT2D eigenvalue weighted by Crippen LogP contribution is 2.45. The van der Waals surface area contributed by atoms with E-state index in [0.29, 0.717) is 10.7 Å². The van der Waals surface area contributed by atoms with Crippen LogP contribution in [0.3, 0.4) is 0 Å². The molecule has 1 N–H and O–H groups in total. The molecule has 0 bridgehead atoms. The van der Waals surface area contributed by atoms with Crippen molar-refractivity contribution in [2.45, 2.75) is 37.7 Å². The molecule has 0 aromatic heterocycles. The van der Waals surface area contributed by atoms with Crippen LogP contribution in [-0.4, -0.2) is 17.5 Å². The second-order valence-corrected chi connectivity index (χ2v) is 5.94. The van der Waals surface area contributed by atoms with Crippen LogP contribution in [0.25, 0.3) is 0 Å². The number of hydrogen-bond donors (Lipinski definition) is 1. The molecule has 1 spiro atoms. The van der Waals surface area contributed by atoms with Crippen LogP contribution in [0.2, 0.25) is 5.02 Å². The lowest BCUT2D eigenvalue weighted by Crippen LogP contribution is -2.39. The third-order valence-corrected chi connectivity index (χ3v) is 4.45. The van der Waals surface area contributed by atoms with Crippen molar-refractivity contribution in [3.63, 3.8) is 0 Å². The van der Waals surface area contributed by atoms with Crippen LogP contribution in [0, 0.1) is 5.92 Å². The van der Waals surface area contributed by atoms with Crippen molar-refractivity contribution in [2.24, 2.45) is 5.92 Å². The van der Waals surface area contributed by atoms with Gasteiger partial charge in [0.05, 0.1) is 12.3 Å². The average molecular weight is 294 g/mol. The molecule has 106 valence electrons. The molecule has 1 saturated carbocycles. The normalized spacial score (nSPS) is 23.9. The van der Waals surface area contributed by atoms with E-state index in [1.54, 1.807) is 24.3 Å². The molecule has 4 nitrogen and oxygen atoms in total. The lowest BCUT2D eigenvalue weighted by molar-refractivity contribution is -0.149. The molecule has 1 aromatic rings. The first kappa shape index (κ1) is 13.4. The molecule has 3 rings (SSSR count). The van der Waals surface area contributed by atoms with Gasteiger partial charge in [0.15, 0.2) is 0 Å². The highest BCUT2D eigenvalue weighted by molar-refractivity contribution is 6.30. The predicted octanol–water partition coefficient (Wildman–Crippen LogP) is 3.15. The van der Waals surface area contributed by atoms with Crippen molar-refractivity contribution in [1.29, 1.82) is 0 Å². The maximum absolute atomic E-state index is 12.4. The molecular formula is C15H16ClNO3. The highest BCUT2D eigenvalue weighted by Gasteiger charge is 2.53. The molecule has 0 radical (unpaired) electrons. The lowest BCUT2D eigenvalue weighted by atomic mass is 9.85. The SMILES string of the molecule is O=C1C[C@@H](C(=O)Nc2ccc(Cl)cc2)C2(CCCC2)O1. The van der Waals surface area contributed by atoms with Crippen LogP contribution in [0.5, 0.6) is 0 Å². The summed E-state index contributed by atoms with van der Waals surface area (Å²) in [5.74, 6) is -0.781. The number of anilines is 1. The number of carbonyl (C=O) groups excluding carboxylic acids is 2. The van der Waals surface area contributed by atoms with Gasteiger partial charge in [0.25, 0.3) is 0 Å². The van der Waals surface area contributed by atoms with Crippen molar-refractivity contribution in [2.75, 3.05) is 5.32 Å². The second-order valence-electron chi connectivity index (χ2n) is 5.50. The number of amides is 1. The fourth-order valence-electron chi connectivity index (χ4n) is 3.21. The molecule has 1 aliphatic carbocycles. The standard InChI is InChI=1S/C15H16ClNO3/c16-10-3-5-11(6-4-10)17-14(19)12-9-13(18)20-15(12)7-1-2-8-15/h3-6,12H,1-2,7-9H2,(H,17,19)/t12-/m0/s1. The zero-order chi connectivity index (χ0) is 14.2. The zero-order valence-electron chi connectivity index (χ0n) is 11.0. The molecule has 5 heteroatoms. The van der Waals surface area contributed by atoms with E-state index in [0.717, 1.165) is 25.7 Å². The number of nitrogens with one attached hydrogen (secondary N) is 1.